The highest BCUT2D eigenvalue weighted by atomic mass is 16.5. The summed E-state index contributed by atoms with van der Waals surface area (Å²) >= 11 is 0. The van der Waals surface area contributed by atoms with E-state index < -0.39 is 0 Å². The fraction of sp³-hybridized carbons (Fsp3) is 0.385. The third-order valence-corrected chi connectivity index (χ3v) is 1.82. The lowest BCUT2D eigenvalue weighted by Crippen LogP contribution is -2.05. The van der Waals surface area contributed by atoms with Crippen LogP contribution in [0.2, 0.25) is 0 Å². The van der Waals surface area contributed by atoms with Crippen molar-refractivity contribution in [1.29, 1.82) is 0 Å². The molecule has 0 atom stereocenters. The standard InChI is InChI=1S/C13H17NO/c1-4-5-10-14-12-6-8-13(9-7-12)15-11(2)3/h1,6-9,11,14H,5,10H2,2-3H3. The number of ether oxygens (including phenoxy) is 1. The van der Waals surface area contributed by atoms with Gasteiger partial charge < -0.3 is 10.1 Å². The molecule has 1 aromatic rings. The zero-order valence-corrected chi connectivity index (χ0v) is 9.29. The molecule has 1 rings (SSSR count). The van der Waals surface area contributed by atoms with E-state index in [1.807, 2.05) is 38.1 Å². The Hall–Kier alpha value is -1.62. The van der Waals surface area contributed by atoms with Crippen molar-refractivity contribution in [2.45, 2.75) is 26.4 Å². The van der Waals surface area contributed by atoms with E-state index >= 15 is 0 Å². The van der Waals surface area contributed by atoms with Gasteiger partial charge in [-0.2, -0.15) is 0 Å². The molecular weight excluding hydrogens is 186 g/mol. The molecule has 0 spiro atoms. The van der Waals surface area contributed by atoms with Crippen molar-refractivity contribution in [3.05, 3.63) is 24.3 Å². The summed E-state index contributed by atoms with van der Waals surface area (Å²) in [6.45, 7) is 4.83. The Balaban J connectivity index is 2.46. The lowest BCUT2D eigenvalue weighted by molar-refractivity contribution is 0.242. The molecule has 0 saturated heterocycles. The van der Waals surface area contributed by atoms with E-state index in [4.69, 9.17) is 11.2 Å². The zero-order valence-electron chi connectivity index (χ0n) is 9.29. The van der Waals surface area contributed by atoms with Crippen LogP contribution in [-0.4, -0.2) is 12.6 Å². The molecule has 1 N–H and O–H groups in total. The maximum atomic E-state index is 5.53. The molecule has 0 bridgehead atoms. The fourth-order valence-electron chi connectivity index (χ4n) is 1.20. The monoisotopic (exact) mass is 203 g/mol. The van der Waals surface area contributed by atoms with Gasteiger partial charge in [-0.15, -0.1) is 12.3 Å². The first-order chi connectivity index (χ1) is 7.22. The maximum Gasteiger partial charge on any atom is 0.119 e. The molecule has 0 aliphatic carbocycles. The largest absolute Gasteiger partial charge is 0.491 e. The fourth-order valence-corrected chi connectivity index (χ4v) is 1.20. The van der Waals surface area contributed by atoms with E-state index in [9.17, 15) is 0 Å². The summed E-state index contributed by atoms with van der Waals surface area (Å²) in [5.41, 5.74) is 1.07. The van der Waals surface area contributed by atoms with Gasteiger partial charge in [-0.05, 0) is 38.1 Å². The minimum absolute atomic E-state index is 0.213. The van der Waals surface area contributed by atoms with Gasteiger partial charge in [0.25, 0.3) is 0 Å². The summed E-state index contributed by atoms with van der Waals surface area (Å²) in [5, 5.41) is 3.23. The molecule has 0 saturated carbocycles. The average molecular weight is 203 g/mol. The van der Waals surface area contributed by atoms with Crippen molar-refractivity contribution in [3.63, 3.8) is 0 Å². The smallest absolute Gasteiger partial charge is 0.119 e. The molecule has 0 fully saturated rings. The summed E-state index contributed by atoms with van der Waals surface area (Å²) in [5.74, 6) is 3.48. The number of terminal acetylenes is 1. The predicted molar refractivity (Wildman–Crippen MR) is 64.1 cm³/mol. The molecule has 0 heterocycles. The van der Waals surface area contributed by atoms with Gasteiger partial charge in [0, 0.05) is 18.7 Å². The van der Waals surface area contributed by atoms with Crippen molar-refractivity contribution < 1.29 is 4.74 Å². The summed E-state index contributed by atoms with van der Waals surface area (Å²) in [7, 11) is 0. The first kappa shape index (κ1) is 11.5. The van der Waals surface area contributed by atoms with E-state index in [0.717, 1.165) is 24.4 Å². The van der Waals surface area contributed by atoms with E-state index in [-0.39, 0.29) is 6.10 Å². The molecule has 15 heavy (non-hydrogen) atoms. The van der Waals surface area contributed by atoms with Crippen molar-refractivity contribution >= 4 is 5.69 Å². The Morgan fingerprint density at radius 2 is 2.00 bits per heavy atom. The summed E-state index contributed by atoms with van der Waals surface area (Å²) in [6.07, 6.45) is 6.12. The second kappa shape index (κ2) is 5.98. The molecule has 0 radical (unpaired) electrons. The van der Waals surface area contributed by atoms with Gasteiger partial charge in [0.15, 0.2) is 0 Å². The van der Waals surface area contributed by atoms with Crippen LogP contribution in [0.5, 0.6) is 5.75 Å². The Morgan fingerprint density at radius 3 is 2.53 bits per heavy atom. The number of rotatable bonds is 5. The highest BCUT2D eigenvalue weighted by molar-refractivity contribution is 5.46. The van der Waals surface area contributed by atoms with Crippen molar-refractivity contribution in [2.75, 3.05) is 11.9 Å². The Bertz CT molecular complexity index is 321. The molecule has 2 heteroatoms. The molecule has 1 aromatic carbocycles. The molecule has 0 unspecified atom stereocenters. The minimum Gasteiger partial charge on any atom is -0.491 e. The van der Waals surface area contributed by atoms with Crippen LogP contribution in [0.3, 0.4) is 0 Å². The lowest BCUT2D eigenvalue weighted by Gasteiger charge is -2.10. The number of benzene rings is 1. The molecule has 0 aromatic heterocycles. The third-order valence-electron chi connectivity index (χ3n) is 1.82. The van der Waals surface area contributed by atoms with E-state index in [0.29, 0.717) is 0 Å². The second-order valence-electron chi connectivity index (χ2n) is 3.57. The summed E-state index contributed by atoms with van der Waals surface area (Å²) in [4.78, 5) is 0. The van der Waals surface area contributed by atoms with Crippen LogP contribution in [-0.2, 0) is 0 Å². The molecule has 0 aliphatic rings. The maximum absolute atomic E-state index is 5.53. The van der Waals surface area contributed by atoms with Crippen molar-refractivity contribution in [1.82, 2.24) is 0 Å². The van der Waals surface area contributed by atoms with E-state index in [1.165, 1.54) is 0 Å². The van der Waals surface area contributed by atoms with Gasteiger partial charge in [-0.3, -0.25) is 0 Å². The van der Waals surface area contributed by atoms with Crippen LogP contribution < -0.4 is 10.1 Å². The highest BCUT2D eigenvalue weighted by Crippen LogP contribution is 2.16. The van der Waals surface area contributed by atoms with Crippen LogP contribution in [0.1, 0.15) is 20.3 Å². The number of hydrogen-bond acceptors (Lipinski definition) is 2. The van der Waals surface area contributed by atoms with Crippen LogP contribution in [0.4, 0.5) is 5.69 Å². The Labute approximate surface area is 91.6 Å². The van der Waals surface area contributed by atoms with Gasteiger partial charge in [0.05, 0.1) is 6.10 Å². The first-order valence-corrected chi connectivity index (χ1v) is 5.16. The van der Waals surface area contributed by atoms with Gasteiger partial charge >= 0.3 is 0 Å². The average Bonchev–Trinajstić information content (AvgIpc) is 2.20. The molecular formula is C13H17NO. The molecule has 0 amide bonds. The summed E-state index contributed by atoms with van der Waals surface area (Å²) in [6, 6.07) is 7.90. The first-order valence-electron chi connectivity index (χ1n) is 5.16. The Morgan fingerprint density at radius 1 is 1.33 bits per heavy atom. The third kappa shape index (κ3) is 4.42. The topological polar surface area (TPSA) is 21.3 Å². The van der Waals surface area contributed by atoms with Crippen LogP contribution in [0.15, 0.2) is 24.3 Å². The SMILES string of the molecule is C#CCCNc1ccc(OC(C)C)cc1. The quantitative estimate of drug-likeness (QED) is 0.587. The molecule has 2 nitrogen and oxygen atoms in total. The van der Waals surface area contributed by atoms with Gasteiger partial charge in [0.2, 0.25) is 0 Å². The zero-order chi connectivity index (χ0) is 11.1. The minimum atomic E-state index is 0.213. The van der Waals surface area contributed by atoms with Crippen molar-refractivity contribution in [2.24, 2.45) is 0 Å². The van der Waals surface area contributed by atoms with Crippen LogP contribution in [0, 0.1) is 12.3 Å². The normalized spacial score (nSPS) is 9.73. The second-order valence-corrected chi connectivity index (χ2v) is 3.57. The van der Waals surface area contributed by atoms with Crippen LogP contribution in [0.25, 0.3) is 0 Å². The van der Waals surface area contributed by atoms with Gasteiger partial charge in [0.1, 0.15) is 5.75 Å². The molecule has 0 aliphatic heterocycles. The predicted octanol–water partition coefficient (Wildman–Crippen LogP) is 2.91. The highest BCUT2D eigenvalue weighted by Gasteiger charge is 1.97. The van der Waals surface area contributed by atoms with Crippen molar-refractivity contribution in [3.8, 4) is 18.1 Å². The number of anilines is 1. The van der Waals surface area contributed by atoms with Crippen LogP contribution >= 0.6 is 0 Å². The van der Waals surface area contributed by atoms with Gasteiger partial charge in [-0.1, -0.05) is 0 Å². The lowest BCUT2D eigenvalue weighted by atomic mass is 10.3. The van der Waals surface area contributed by atoms with Gasteiger partial charge in [-0.25, -0.2) is 0 Å². The number of nitrogens with one attached hydrogen (secondary N) is 1. The number of hydrogen-bond donors (Lipinski definition) is 1. The summed E-state index contributed by atoms with van der Waals surface area (Å²) < 4.78 is 5.53. The Kier molecular flexibility index (Phi) is 4.56. The van der Waals surface area contributed by atoms with E-state index in [1.54, 1.807) is 0 Å². The molecule has 80 valence electrons. The van der Waals surface area contributed by atoms with E-state index in [2.05, 4.69) is 11.2 Å².